The van der Waals surface area contributed by atoms with Gasteiger partial charge in [-0.3, -0.25) is 4.79 Å². The van der Waals surface area contributed by atoms with E-state index in [1.807, 2.05) is 12.5 Å². The first kappa shape index (κ1) is 38.9. The zero-order valence-corrected chi connectivity index (χ0v) is 31.3. The molecule has 1 unspecified atom stereocenters. The van der Waals surface area contributed by atoms with Crippen molar-refractivity contribution < 1.29 is 21.8 Å². The largest absolute Gasteiger partial charge is 1.00 e. The van der Waals surface area contributed by atoms with Gasteiger partial charge in [0, 0.05) is 31.3 Å². The number of Topliss-reactive ketones (excluding diaryl/α,β-unsaturated/α-hetero) is 1. The fourth-order valence-electron chi connectivity index (χ4n) is 7.02. The Morgan fingerprint density at radius 2 is 1.06 bits per heavy atom. The van der Waals surface area contributed by atoms with Crippen LogP contribution in [-0.4, -0.2) is 21.5 Å². The fourth-order valence-corrected chi connectivity index (χ4v) is 11.4. The summed E-state index contributed by atoms with van der Waals surface area (Å²) in [6, 6.07) is 33.7. The van der Waals surface area contributed by atoms with Crippen molar-refractivity contribution in [2.24, 2.45) is 0 Å². The number of nitrogens with zero attached hydrogens (tertiary/aromatic N) is 2. The van der Waals surface area contributed by atoms with Crippen molar-refractivity contribution in [3.63, 3.8) is 0 Å². The number of aromatic nitrogens is 2. The lowest BCUT2D eigenvalue weighted by Gasteiger charge is -2.27. The molecule has 254 valence electrons. The number of hydrogen-bond acceptors (Lipinski definition) is 2. The van der Waals surface area contributed by atoms with Crippen LogP contribution in [0.5, 0.6) is 0 Å². The molecule has 0 saturated heterocycles. The van der Waals surface area contributed by atoms with E-state index in [2.05, 4.69) is 114 Å². The van der Waals surface area contributed by atoms with Gasteiger partial charge in [-0.05, 0) is 62.1 Å². The minimum atomic E-state index is -1.84. The predicted octanol–water partition coefficient (Wildman–Crippen LogP) is 7.64. The van der Waals surface area contributed by atoms with Gasteiger partial charge in [-0.25, -0.2) is 4.98 Å². The molecule has 5 heteroatoms. The van der Waals surface area contributed by atoms with Crippen molar-refractivity contribution in [3.05, 3.63) is 110 Å². The lowest BCUT2D eigenvalue weighted by molar-refractivity contribution is -0.119. The summed E-state index contributed by atoms with van der Waals surface area (Å²) in [6.07, 6.45) is 27.4. The molecule has 0 radical (unpaired) electrons. The number of unbranched alkanes of at least 4 members (excludes halogenated alkanes) is 10. The van der Waals surface area contributed by atoms with E-state index in [-0.39, 0.29) is 17.0 Å². The molecule has 0 bridgehead atoms. The Bertz CT molecular complexity index is 1230. The number of benzene rings is 3. The van der Waals surface area contributed by atoms with Gasteiger partial charge in [0.15, 0.2) is 0 Å². The maximum absolute atomic E-state index is 13.0. The molecular formula is C42H58BrN2OP. The van der Waals surface area contributed by atoms with Gasteiger partial charge in [0.25, 0.3) is 0 Å². The van der Waals surface area contributed by atoms with Gasteiger partial charge in [-0.15, -0.1) is 0 Å². The molecule has 0 spiro atoms. The molecule has 0 aliphatic rings. The molecule has 4 aromatic rings. The number of halogens is 1. The summed E-state index contributed by atoms with van der Waals surface area (Å²) in [5.41, 5.74) is 0. The van der Waals surface area contributed by atoms with E-state index in [1.165, 1.54) is 99.4 Å². The van der Waals surface area contributed by atoms with Crippen molar-refractivity contribution in [1.82, 2.24) is 9.55 Å². The maximum atomic E-state index is 13.0. The topological polar surface area (TPSA) is 34.9 Å². The summed E-state index contributed by atoms with van der Waals surface area (Å²) in [5, 5.41) is 4.21. The molecule has 0 amide bonds. The average Bonchev–Trinajstić information content (AvgIpc) is 3.65. The predicted molar refractivity (Wildman–Crippen MR) is 200 cm³/mol. The highest BCUT2D eigenvalue weighted by molar-refractivity contribution is 7.95. The number of rotatable bonds is 24. The van der Waals surface area contributed by atoms with Crippen molar-refractivity contribution in [2.75, 3.05) is 6.16 Å². The third-order valence-corrected chi connectivity index (χ3v) is 14.1. The second-order valence-corrected chi connectivity index (χ2v) is 16.7. The molecule has 0 N–H and O–H groups in total. The summed E-state index contributed by atoms with van der Waals surface area (Å²) in [7, 11) is -1.84. The molecule has 3 aromatic carbocycles. The van der Waals surface area contributed by atoms with E-state index in [1.54, 1.807) is 0 Å². The lowest BCUT2D eigenvalue weighted by atomic mass is 10.00. The van der Waals surface area contributed by atoms with E-state index in [0.29, 0.717) is 18.2 Å². The third kappa shape index (κ3) is 12.8. The van der Waals surface area contributed by atoms with Crippen LogP contribution in [0.15, 0.2) is 110 Å². The molecule has 4 rings (SSSR count). The molecule has 0 aliphatic carbocycles. The minimum Gasteiger partial charge on any atom is -1.00 e. The summed E-state index contributed by atoms with van der Waals surface area (Å²) >= 11 is 0. The van der Waals surface area contributed by atoms with Crippen LogP contribution in [0, 0.1) is 0 Å². The van der Waals surface area contributed by atoms with Gasteiger partial charge < -0.3 is 21.5 Å². The first-order valence-electron chi connectivity index (χ1n) is 18.3. The quantitative estimate of drug-likeness (QED) is 0.0552. The number of carbonyl (C=O) groups is 1. The van der Waals surface area contributed by atoms with Crippen molar-refractivity contribution in [2.45, 2.75) is 122 Å². The van der Waals surface area contributed by atoms with Crippen LogP contribution >= 0.6 is 7.26 Å². The summed E-state index contributed by atoms with van der Waals surface area (Å²) in [5.74, 6) is 0.439. The zero-order chi connectivity index (χ0) is 32.1. The third-order valence-electron chi connectivity index (χ3n) is 9.62. The number of carbonyl (C=O) groups excluding carboxylic acids is 1. The van der Waals surface area contributed by atoms with E-state index in [4.69, 9.17) is 0 Å². The zero-order valence-electron chi connectivity index (χ0n) is 28.8. The number of ketones is 1. The molecular weight excluding hydrogens is 659 g/mol. The van der Waals surface area contributed by atoms with Crippen LogP contribution in [0.2, 0.25) is 0 Å². The van der Waals surface area contributed by atoms with Gasteiger partial charge >= 0.3 is 0 Å². The first-order chi connectivity index (χ1) is 22.7. The highest BCUT2D eigenvalue weighted by Crippen LogP contribution is 2.55. The van der Waals surface area contributed by atoms with Crippen molar-refractivity contribution in [1.29, 1.82) is 0 Å². The first-order valence-corrected chi connectivity index (χ1v) is 20.3. The monoisotopic (exact) mass is 716 g/mol. The highest BCUT2D eigenvalue weighted by atomic mass is 79.9. The molecule has 0 aliphatic heterocycles. The Morgan fingerprint density at radius 3 is 1.53 bits per heavy atom. The van der Waals surface area contributed by atoms with Crippen LogP contribution in [-0.2, 0) is 4.79 Å². The second-order valence-electron chi connectivity index (χ2n) is 13.1. The second kappa shape index (κ2) is 22.9. The van der Waals surface area contributed by atoms with Crippen LogP contribution in [0.3, 0.4) is 0 Å². The number of imidazole rings is 1. The fraction of sp³-hybridized carbons (Fsp3) is 0.476. The SMILES string of the molecule is CCCCCCC(CCCCCCCCCCC(=O)CCC[P+](c1ccccc1)(c1ccccc1)c1ccccc1)n1ccnc1.[Br-]. The Balaban J connectivity index is 0.00000600. The minimum absolute atomic E-state index is 0. The van der Waals surface area contributed by atoms with E-state index in [0.717, 1.165) is 25.4 Å². The smallest absolute Gasteiger partial charge is 0.133 e. The van der Waals surface area contributed by atoms with E-state index < -0.39 is 7.26 Å². The highest BCUT2D eigenvalue weighted by Gasteiger charge is 2.44. The van der Waals surface area contributed by atoms with Gasteiger partial charge in [0.1, 0.15) is 29.0 Å². The standard InChI is InChI=1S/C42H58N2OP.BrH/c1-2-3-4-14-24-38(44-35-34-43-37-44)25-15-9-7-5-6-8-10-16-26-39(45)27-23-36-46(40-28-17-11-18-29-40,41-30-19-12-20-31-41)42-32-21-13-22-33-42;/h11-13,17-22,28-35,37-38H,2-10,14-16,23-27,36H2,1H3;1H/q+1;/p-1. The van der Waals surface area contributed by atoms with E-state index >= 15 is 0 Å². The van der Waals surface area contributed by atoms with E-state index in [9.17, 15) is 4.79 Å². The summed E-state index contributed by atoms with van der Waals surface area (Å²) < 4.78 is 2.33. The van der Waals surface area contributed by atoms with Crippen LogP contribution in [0.25, 0.3) is 0 Å². The molecule has 47 heavy (non-hydrogen) atoms. The Kier molecular flexibility index (Phi) is 19.0. The maximum Gasteiger partial charge on any atom is 0.133 e. The van der Waals surface area contributed by atoms with Gasteiger partial charge in [-0.1, -0.05) is 132 Å². The lowest BCUT2D eigenvalue weighted by Crippen LogP contribution is -3.00. The summed E-state index contributed by atoms with van der Waals surface area (Å²) in [4.78, 5) is 17.3. The molecule has 1 heterocycles. The Morgan fingerprint density at radius 1 is 0.617 bits per heavy atom. The van der Waals surface area contributed by atoms with Crippen LogP contribution in [0.4, 0.5) is 0 Å². The molecule has 0 saturated carbocycles. The molecule has 1 atom stereocenters. The molecule has 1 aromatic heterocycles. The molecule has 3 nitrogen and oxygen atoms in total. The molecule has 0 fully saturated rings. The Labute approximate surface area is 297 Å². The van der Waals surface area contributed by atoms with Crippen molar-refractivity contribution >= 4 is 29.0 Å². The van der Waals surface area contributed by atoms with Crippen molar-refractivity contribution in [3.8, 4) is 0 Å². The van der Waals surface area contributed by atoms with Crippen LogP contribution in [0.1, 0.15) is 122 Å². The summed E-state index contributed by atoms with van der Waals surface area (Å²) in [6.45, 7) is 2.28. The van der Waals surface area contributed by atoms with Gasteiger partial charge in [0.2, 0.25) is 0 Å². The normalized spacial score (nSPS) is 12.0. The van der Waals surface area contributed by atoms with Crippen LogP contribution < -0.4 is 32.9 Å². The Hall–Kier alpha value is -2.55. The average molecular weight is 718 g/mol. The van der Waals surface area contributed by atoms with Gasteiger partial charge in [-0.2, -0.15) is 0 Å². The van der Waals surface area contributed by atoms with Gasteiger partial charge in [0.05, 0.1) is 12.5 Å². The number of hydrogen-bond donors (Lipinski definition) is 0.